The van der Waals surface area contributed by atoms with Crippen LogP contribution in [0, 0.1) is 5.92 Å². The topological polar surface area (TPSA) is 29.5 Å². The zero-order valence-corrected chi connectivity index (χ0v) is 12.8. The highest BCUT2D eigenvalue weighted by atomic mass is 19.4. The number of benzene rings is 1. The van der Waals surface area contributed by atoms with Gasteiger partial charge in [0.2, 0.25) is 5.91 Å². The van der Waals surface area contributed by atoms with E-state index in [0.717, 1.165) is 43.4 Å². The fourth-order valence-corrected chi connectivity index (χ4v) is 3.40. The van der Waals surface area contributed by atoms with Crippen molar-refractivity contribution < 1.29 is 22.7 Å². The summed E-state index contributed by atoms with van der Waals surface area (Å²) in [7, 11) is 0. The van der Waals surface area contributed by atoms with Gasteiger partial charge < -0.3 is 9.64 Å². The molecule has 1 aromatic carbocycles. The van der Waals surface area contributed by atoms with Crippen molar-refractivity contribution in [1.29, 1.82) is 0 Å². The SMILES string of the molecule is O=C([C@H]1CCOC1)N1CCCC[C@@H]1c1ccc(C(F)(F)F)cc1. The van der Waals surface area contributed by atoms with Gasteiger partial charge >= 0.3 is 6.18 Å². The van der Waals surface area contributed by atoms with E-state index in [0.29, 0.717) is 19.8 Å². The summed E-state index contributed by atoms with van der Waals surface area (Å²) in [5, 5.41) is 0. The molecule has 0 aromatic heterocycles. The molecular weight excluding hydrogens is 307 g/mol. The molecule has 0 spiro atoms. The second-order valence-corrected chi connectivity index (χ2v) is 6.22. The van der Waals surface area contributed by atoms with Crippen LogP contribution < -0.4 is 0 Å². The molecule has 23 heavy (non-hydrogen) atoms. The maximum Gasteiger partial charge on any atom is 0.416 e. The van der Waals surface area contributed by atoms with Crippen LogP contribution in [0.2, 0.25) is 0 Å². The first-order valence-electron chi connectivity index (χ1n) is 8.02. The molecule has 2 saturated heterocycles. The minimum absolute atomic E-state index is 0.0760. The molecule has 2 atom stereocenters. The molecule has 0 radical (unpaired) electrons. The number of carbonyl (C=O) groups excluding carboxylic acids is 1. The number of hydrogen-bond donors (Lipinski definition) is 0. The van der Waals surface area contributed by atoms with E-state index in [9.17, 15) is 18.0 Å². The standard InChI is InChI=1S/C17H20F3NO2/c18-17(19,20)14-6-4-12(5-7-14)15-3-1-2-9-21(15)16(22)13-8-10-23-11-13/h4-7,13,15H,1-3,8-11H2/t13-,15+/m0/s1. The summed E-state index contributed by atoms with van der Waals surface area (Å²) in [6.45, 7) is 1.73. The lowest BCUT2D eigenvalue weighted by molar-refractivity contribution is -0.140. The Morgan fingerprint density at radius 3 is 2.48 bits per heavy atom. The average molecular weight is 327 g/mol. The van der Waals surface area contributed by atoms with E-state index in [1.54, 1.807) is 0 Å². The zero-order valence-electron chi connectivity index (χ0n) is 12.8. The summed E-state index contributed by atoms with van der Waals surface area (Å²) >= 11 is 0. The van der Waals surface area contributed by atoms with Crippen LogP contribution in [0.1, 0.15) is 42.9 Å². The van der Waals surface area contributed by atoms with Gasteiger partial charge in [0.15, 0.2) is 0 Å². The molecule has 3 rings (SSSR count). The third kappa shape index (κ3) is 3.52. The van der Waals surface area contributed by atoms with Crippen LogP contribution in [0.25, 0.3) is 0 Å². The highest BCUT2D eigenvalue weighted by Gasteiger charge is 2.35. The minimum Gasteiger partial charge on any atom is -0.381 e. The second kappa shape index (κ2) is 6.51. The van der Waals surface area contributed by atoms with Gasteiger partial charge in [0.05, 0.1) is 24.1 Å². The van der Waals surface area contributed by atoms with Gasteiger partial charge in [-0.2, -0.15) is 13.2 Å². The first-order chi connectivity index (χ1) is 11.0. The predicted octanol–water partition coefficient (Wildman–Crippen LogP) is 3.80. The van der Waals surface area contributed by atoms with Crippen LogP contribution in [-0.4, -0.2) is 30.6 Å². The summed E-state index contributed by atoms with van der Waals surface area (Å²) in [5.74, 6) is -0.0304. The molecule has 2 aliphatic heterocycles. The molecule has 0 N–H and O–H groups in total. The Morgan fingerprint density at radius 1 is 1.13 bits per heavy atom. The van der Waals surface area contributed by atoms with Gasteiger partial charge in [-0.15, -0.1) is 0 Å². The molecule has 2 aliphatic rings. The smallest absolute Gasteiger partial charge is 0.381 e. The number of hydrogen-bond acceptors (Lipinski definition) is 2. The number of piperidine rings is 1. The Labute approximate surface area is 133 Å². The van der Waals surface area contributed by atoms with Gasteiger partial charge in [0.25, 0.3) is 0 Å². The molecule has 1 aromatic rings. The first kappa shape index (κ1) is 16.3. The average Bonchev–Trinajstić information content (AvgIpc) is 3.08. The van der Waals surface area contributed by atoms with Gasteiger partial charge in [-0.3, -0.25) is 4.79 Å². The number of halogens is 3. The van der Waals surface area contributed by atoms with E-state index in [-0.39, 0.29) is 17.9 Å². The molecular formula is C17H20F3NO2. The Balaban J connectivity index is 1.79. The van der Waals surface area contributed by atoms with Crippen molar-refractivity contribution in [1.82, 2.24) is 4.90 Å². The largest absolute Gasteiger partial charge is 0.416 e. The fraction of sp³-hybridized carbons (Fsp3) is 0.588. The van der Waals surface area contributed by atoms with Crippen molar-refractivity contribution in [3.63, 3.8) is 0 Å². The number of amides is 1. The third-order valence-electron chi connectivity index (χ3n) is 4.69. The van der Waals surface area contributed by atoms with Crippen LogP contribution in [0.4, 0.5) is 13.2 Å². The third-order valence-corrected chi connectivity index (χ3v) is 4.69. The molecule has 0 saturated carbocycles. The zero-order chi connectivity index (χ0) is 16.4. The monoisotopic (exact) mass is 327 g/mol. The summed E-state index contributed by atoms with van der Waals surface area (Å²) in [5.41, 5.74) is 0.129. The Morgan fingerprint density at radius 2 is 1.87 bits per heavy atom. The van der Waals surface area contributed by atoms with Gasteiger partial charge in [-0.05, 0) is 43.4 Å². The van der Waals surface area contributed by atoms with Crippen molar-refractivity contribution in [2.75, 3.05) is 19.8 Å². The minimum atomic E-state index is -4.33. The van der Waals surface area contributed by atoms with Crippen LogP contribution in [0.15, 0.2) is 24.3 Å². The number of likely N-dealkylation sites (tertiary alicyclic amines) is 1. The van der Waals surface area contributed by atoms with E-state index in [2.05, 4.69) is 0 Å². The lowest BCUT2D eigenvalue weighted by Gasteiger charge is -2.37. The number of rotatable bonds is 2. The van der Waals surface area contributed by atoms with Crippen molar-refractivity contribution in [2.45, 2.75) is 37.9 Å². The number of ether oxygens (including phenoxy) is 1. The van der Waals surface area contributed by atoms with Crippen LogP contribution in [0.5, 0.6) is 0 Å². The Kier molecular flexibility index (Phi) is 4.62. The first-order valence-corrected chi connectivity index (χ1v) is 8.02. The normalized spacial score (nSPS) is 25.6. The van der Waals surface area contributed by atoms with Crippen LogP contribution >= 0.6 is 0 Å². The van der Waals surface area contributed by atoms with E-state index in [1.165, 1.54) is 12.1 Å². The predicted molar refractivity (Wildman–Crippen MR) is 78.7 cm³/mol. The maximum absolute atomic E-state index is 12.7. The molecule has 126 valence electrons. The molecule has 2 heterocycles. The van der Waals surface area contributed by atoms with E-state index >= 15 is 0 Å². The highest BCUT2D eigenvalue weighted by Crippen LogP contribution is 2.35. The lowest BCUT2D eigenvalue weighted by Crippen LogP contribution is -2.42. The number of carbonyl (C=O) groups is 1. The summed E-state index contributed by atoms with van der Waals surface area (Å²) in [6, 6.07) is 5.09. The van der Waals surface area contributed by atoms with Crippen LogP contribution in [-0.2, 0) is 15.7 Å². The van der Waals surface area contributed by atoms with Crippen molar-refractivity contribution in [3.8, 4) is 0 Å². The molecule has 6 heteroatoms. The van der Waals surface area contributed by atoms with E-state index in [1.807, 2.05) is 4.90 Å². The van der Waals surface area contributed by atoms with E-state index < -0.39 is 11.7 Å². The van der Waals surface area contributed by atoms with Gasteiger partial charge in [0.1, 0.15) is 0 Å². The number of alkyl halides is 3. The van der Waals surface area contributed by atoms with Crippen molar-refractivity contribution in [2.24, 2.45) is 5.92 Å². The van der Waals surface area contributed by atoms with Crippen molar-refractivity contribution >= 4 is 5.91 Å². The Bertz CT molecular complexity index is 550. The summed E-state index contributed by atoms with van der Waals surface area (Å²) in [4.78, 5) is 14.5. The van der Waals surface area contributed by atoms with Gasteiger partial charge in [-0.25, -0.2) is 0 Å². The second-order valence-electron chi connectivity index (χ2n) is 6.22. The van der Waals surface area contributed by atoms with Gasteiger partial charge in [0, 0.05) is 13.2 Å². The quantitative estimate of drug-likeness (QED) is 0.827. The lowest BCUT2D eigenvalue weighted by atomic mass is 9.92. The highest BCUT2D eigenvalue weighted by molar-refractivity contribution is 5.79. The Hall–Kier alpha value is -1.56. The summed E-state index contributed by atoms with van der Waals surface area (Å²) in [6.07, 6.45) is -0.880. The fourth-order valence-electron chi connectivity index (χ4n) is 3.40. The van der Waals surface area contributed by atoms with Crippen LogP contribution in [0.3, 0.4) is 0 Å². The molecule has 2 fully saturated rings. The molecule has 0 aliphatic carbocycles. The molecule has 3 nitrogen and oxygen atoms in total. The molecule has 0 bridgehead atoms. The molecule has 0 unspecified atom stereocenters. The maximum atomic E-state index is 12.7. The molecule has 1 amide bonds. The van der Waals surface area contributed by atoms with Crippen molar-refractivity contribution in [3.05, 3.63) is 35.4 Å². The van der Waals surface area contributed by atoms with E-state index in [4.69, 9.17) is 4.74 Å². The van der Waals surface area contributed by atoms with Gasteiger partial charge in [-0.1, -0.05) is 12.1 Å². The summed E-state index contributed by atoms with van der Waals surface area (Å²) < 4.78 is 43.4. The number of nitrogens with zero attached hydrogens (tertiary/aromatic N) is 1.